The largest absolute Gasteiger partial charge is 0.281 e. The lowest BCUT2D eigenvalue weighted by Gasteiger charge is -2.20. The van der Waals surface area contributed by atoms with Gasteiger partial charge in [0, 0.05) is 23.8 Å². The number of nitrogens with one attached hydrogen (secondary N) is 1. The summed E-state index contributed by atoms with van der Waals surface area (Å²) in [6.45, 7) is 4.30. The monoisotopic (exact) mass is 291 g/mol. The molecule has 0 amide bonds. The molecule has 0 bridgehead atoms. The van der Waals surface area contributed by atoms with Crippen molar-refractivity contribution >= 4 is 21.6 Å². The molecule has 1 aromatic heterocycles. The topological polar surface area (TPSA) is 66.1 Å². The highest BCUT2D eigenvalue weighted by molar-refractivity contribution is 7.89. The van der Waals surface area contributed by atoms with Crippen LogP contribution in [0.5, 0.6) is 0 Å². The first-order chi connectivity index (χ1) is 8.52. The maximum Gasteiger partial charge on any atom is 0.262 e. The first-order valence-electron chi connectivity index (χ1n) is 6.14. The molecule has 1 aromatic rings. The minimum atomic E-state index is -3.52. The van der Waals surface area contributed by atoms with Crippen LogP contribution in [0.4, 0.5) is 0 Å². The fourth-order valence-electron chi connectivity index (χ4n) is 1.99. The Morgan fingerprint density at radius 1 is 1.50 bits per heavy atom. The molecule has 0 unspecified atom stereocenters. The van der Waals surface area contributed by atoms with Gasteiger partial charge in [-0.3, -0.25) is 5.10 Å². The van der Waals surface area contributed by atoms with Crippen LogP contribution in [-0.2, 0) is 15.9 Å². The van der Waals surface area contributed by atoms with E-state index in [9.17, 15) is 8.42 Å². The molecule has 0 aromatic carbocycles. The fourth-order valence-corrected chi connectivity index (χ4v) is 4.35. The van der Waals surface area contributed by atoms with Gasteiger partial charge < -0.3 is 0 Å². The van der Waals surface area contributed by atoms with Crippen molar-refractivity contribution in [2.24, 2.45) is 0 Å². The molecular formula is C11H18ClN3O2S. The van der Waals surface area contributed by atoms with Crippen molar-refractivity contribution in [2.45, 2.75) is 50.1 Å². The van der Waals surface area contributed by atoms with E-state index < -0.39 is 10.0 Å². The lowest BCUT2D eigenvalue weighted by atomic mass is 10.3. The number of halogens is 1. The molecule has 7 heteroatoms. The maximum absolute atomic E-state index is 12.6. The molecule has 1 fully saturated rings. The number of nitrogens with zero attached hydrogens (tertiary/aromatic N) is 2. The van der Waals surface area contributed by atoms with Crippen LogP contribution in [0.2, 0.25) is 0 Å². The summed E-state index contributed by atoms with van der Waals surface area (Å²) in [6, 6.07) is 0.148. The molecular weight excluding hydrogens is 274 g/mol. The van der Waals surface area contributed by atoms with E-state index in [1.54, 1.807) is 11.2 Å². The average Bonchev–Trinajstić information content (AvgIpc) is 3.08. The van der Waals surface area contributed by atoms with Gasteiger partial charge >= 0.3 is 0 Å². The van der Waals surface area contributed by atoms with Crippen LogP contribution in [0, 0.1) is 6.92 Å². The summed E-state index contributed by atoms with van der Waals surface area (Å²) in [6.07, 6.45) is 2.69. The number of aromatic nitrogens is 2. The minimum Gasteiger partial charge on any atom is -0.281 e. The van der Waals surface area contributed by atoms with Gasteiger partial charge in [0.1, 0.15) is 0 Å². The fraction of sp³-hybridized carbons (Fsp3) is 0.727. The number of hydrogen-bond acceptors (Lipinski definition) is 3. The number of hydrogen-bond donors (Lipinski definition) is 1. The van der Waals surface area contributed by atoms with Crippen LogP contribution in [0.15, 0.2) is 5.03 Å². The maximum atomic E-state index is 12.6. The Morgan fingerprint density at radius 2 is 2.17 bits per heavy atom. The standard InChI is InChI=1S/C11H18ClN3O2S/c1-3-6-15(9-4-5-9)18(16,17)11-10(7-12)8(2)13-14-11/h9H,3-7H2,1-2H3,(H,13,14). The Bertz CT molecular complexity index is 522. The van der Waals surface area contributed by atoms with Gasteiger partial charge in [0.15, 0.2) is 5.03 Å². The van der Waals surface area contributed by atoms with Gasteiger partial charge in [-0.2, -0.15) is 9.40 Å². The van der Waals surface area contributed by atoms with E-state index in [-0.39, 0.29) is 16.9 Å². The third-order valence-corrected chi connectivity index (χ3v) is 5.31. The van der Waals surface area contributed by atoms with Crippen molar-refractivity contribution in [1.82, 2.24) is 14.5 Å². The van der Waals surface area contributed by atoms with E-state index in [0.717, 1.165) is 25.0 Å². The molecule has 18 heavy (non-hydrogen) atoms. The van der Waals surface area contributed by atoms with E-state index in [1.165, 1.54) is 0 Å². The van der Waals surface area contributed by atoms with Crippen molar-refractivity contribution in [3.63, 3.8) is 0 Å². The summed E-state index contributed by atoms with van der Waals surface area (Å²) in [5.41, 5.74) is 1.30. The van der Waals surface area contributed by atoms with E-state index in [0.29, 0.717) is 12.1 Å². The molecule has 102 valence electrons. The summed E-state index contributed by atoms with van der Waals surface area (Å²) < 4.78 is 26.7. The quantitative estimate of drug-likeness (QED) is 0.816. The highest BCUT2D eigenvalue weighted by Gasteiger charge is 2.39. The van der Waals surface area contributed by atoms with Crippen LogP contribution in [0.25, 0.3) is 0 Å². The van der Waals surface area contributed by atoms with Crippen molar-refractivity contribution < 1.29 is 8.42 Å². The van der Waals surface area contributed by atoms with Gasteiger partial charge in [-0.25, -0.2) is 8.42 Å². The first-order valence-corrected chi connectivity index (χ1v) is 8.11. The van der Waals surface area contributed by atoms with Crippen LogP contribution < -0.4 is 0 Å². The SMILES string of the molecule is CCCN(C1CC1)S(=O)(=O)c1n[nH]c(C)c1CCl. The van der Waals surface area contributed by atoms with Crippen LogP contribution in [0.1, 0.15) is 37.4 Å². The van der Waals surface area contributed by atoms with Gasteiger partial charge in [0.05, 0.1) is 5.88 Å². The van der Waals surface area contributed by atoms with E-state index in [4.69, 9.17) is 11.6 Å². The van der Waals surface area contributed by atoms with Crippen LogP contribution in [-0.4, -0.2) is 35.5 Å². The Kier molecular flexibility index (Phi) is 3.99. The van der Waals surface area contributed by atoms with Crippen LogP contribution >= 0.6 is 11.6 Å². The number of alkyl halides is 1. The molecule has 1 saturated carbocycles. The van der Waals surface area contributed by atoms with Gasteiger partial charge in [0.2, 0.25) is 0 Å². The van der Waals surface area contributed by atoms with Crippen LogP contribution in [0.3, 0.4) is 0 Å². The molecule has 1 aliphatic rings. The first kappa shape index (κ1) is 13.8. The molecule has 1 heterocycles. The second-order valence-corrected chi connectivity index (χ2v) is 6.69. The molecule has 5 nitrogen and oxygen atoms in total. The zero-order valence-corrected chi connectivity index (χ0v) is 12.2. The molecule has 2 rings (SSSR count). The van der Waals surface area contributed by atoms with Gasteiger partial charge in [-0.05, 0) is 26.2 Å². The Labute approximate surface area is 113 Å². The summed E-state index contributed by atoms with van der Waals surface area (Å²) >= 11 is 5.82. The number of aryl methyl sites for hydroxylation is 1. The normalized spacial score (nSPS) is 16.4. The summed E-state index contributed by atoms with van der Waals surface area (Å²) in [4.78, 5) is 0. The molecule has 0 spiro atoms. The summed E-state index contributed by atoms with van der Waals surface area (Å²) in [5.74, 6) is 0.154. The average molecular weight is 292 g/mol. The zero-order chi connectivity index (χ0) is 13.3. The zero-order valence-electron chi connectivity index (χ0n) is 10.6. The molecule has 0 atom stereocenters. The van der Waals surface area contributed by atoms with Gasteiger partial charge in [0.25, 0.3) is 10.0 Å². The third kappa shape index (κ3) is 2.41. The molecule has 0 radical (unpaired) electrons. The predicted molar refractivity (Wildman–Crippen MR) is 70.1 cm³/mol. The Morgan fingerprint density at radius 3 is 2.67 bits per heavy atom. The van der Waals surface area contributed by atoms with E-state index in [1.807, 2.05) is 6.92 Å². The second kappa shape index (κ2) is 5.19. The van der Waals surface area contributed by atoms with E-state index in [2.05, 4.69) is 10.2 Å². The number of rotatable bonds is 6. The Hall–Kier alpha value is -0.590. The van der Waals surface area contributed by atoms with E-state index >= 15 is 0 Å². The Balaban J connectivity index is 2.39. The molecule has 1 aliphatic carbocycles. The molecule has 1 N–H and O–H groups in total. The number of H-pyrrole nitrogens is 1. The van der Waals surface area contributed by atoms with Crippen molar-refractivity contribution in [3.8, 4) is 0 Å². The molecule has 0 aliphatic heterocycles. The molecule has 0 saturated heterocycles. The lowest BCUT2D eigenvalue weighted by Crippen LogP contribution is -2.34. The van der Waals surface area contributed by atoms with Crippen molar-refractivity contribution in [1.29, 1.82) is 0 Å². The van der Waals surface area contributed by atoms with Crippen molar-refractivity contribution in [3.05, 3.63) is 11.3 Å². The third-order valence-electron chi connectivity index (χ3n) is 3.12. The smallest absolute Gasteiger partial charge is 0.262 e. The lowest BCUT2D eigenvalue weighted by molar-refractivity contribution is 0.401. The second-order valence-electron chi connectivity index (χ2n) is 4.61. The van der Waals surface area contributed by atoms with Gasteiger partial charge in [-0.1, -0.05) is 6.92 Å². The summed E-state index contributed by atoms with van der Waals surface area (Å²) in [7, 11) is -3.52. The summed E-state index contributed by atoms with van der Waals surface area (Å²) in [5, 5.41) is 6.74. The minimum absolute atomic E-state index is 0.0929. The number of sulfonamides is 1. The highest BCUT2D eigenvalue weighted by atomic mass is 35.5. The number of aromatic amines is 1. The van der Waals surface area contributed by atoms with Crippen molar-refractivity contribution in [2.75, 3.05) is 6.54 Å². The highest BCUT2D eigenvalue weighted by Crippen LogP contribution is 2.33. The van der Waals surface area contributed by atoms with Gasteiger partial charge in [-0.15, -0.1) is 11.6 Å². The predicted octanol–water partition coefficient (Wildman–Crippen LogP) is 2.02.